The van der Waals surface area contributed by atoms with E-state index in [4.69, 9.17) is 23.2 Å². The molecule has 0 aromatic carbocycles. The average molecular weight is 295 g/mol. The van der Waals surface area contributed by atoms with Gasteiger partial charge in [-0.2, -0.15) is 4.31 Å². The fraction of sp³-hybridized carbons (Fsp3) is 0.300. The van der Waals surface area contributed by atoms with Crippen molar-refractivity contribution < 1.29 is 8.42 Å². The summed E-state index contributed by atoms with van der Waals surface area (Å²) >= 11 is 11.4. The highest BCUT2D eigenvalue weighted by Gasteiger charge is 2.23. The van der Waals surface area contributed by atoms with Crippen molar-refractivity contribution in [3.8, 4) is 0 Å². The first-order chi connectivity index (χ1) is 7.93. The van der Waals surface area contributed by atoms with Gasteiger partial charge >= 0.3 is 0 Å². The Balaban J connectivity index is 3.20. The van der Waals surface area contributed by atoms with Gasteiger partial charge < -0.3 is 0 Å². The molecule has 0 aliphatic heterocycles. The fourth-order valence-electron chi connectivity index (χ4n) is 1.23. The van der Waals surface area contributed by atoms with Crippen molar-refractivity contribution in [1.82, 2.24) is 9.29 Å². The zero-order chi connectivity index (χ0) is 13.1. The number of likely N-dealkylation sites (N-methyl/N-ethyl adjacent to an activating group) is 1. The quantitative estimate of drug-likeness (QED) is 0.619. The number of halogens is 2. The summed E-state index contributed by atoms with van der Waals surface area (Å²) in [6.45, 7) is 5.84. The number of hydrogen-bond donors (Lipinski definition) is 0. The Kier molecular flexibility index (Phi) is 4.94. The zero-order valence-corrected chi connectivity index (χ0v) is 11.6. The molecule has 0 N–H and O–H groups in total. The third kappa shape index (κ3) is 3.19. The highest BCUT2D eigenvalue weighted by molar-refractivity contribution is 7.89. The lowest BCUT2D eigenvalue weighted by Crippen LogP contribution is -2.31. The summed E-state index contributed by atoms with van der Waals surface area (Å²) in [7, 11) is -3.60. The van der Waals surface area contributed by atoms with Crippen LogP contribution in [0.5, 0.6) is 0 Å². The molecule has 0 saturated heterocycles. The molecule has 0 aliphatic carbocycles. The van der Waals surface area contributed by atoms with Crippen LogP contribution in [0.3, 0.4) is 0 Å². The maximum Gasteiger partial charge on any atom is 0.244 e. The first-order valence-corrected chi connectivity index (χ1v) is 7.05. The second-order valence-electron chi connectivity index (χ2n) is 3.19. The van der Waals surface area contributed by atoms with Crippen molar-refractivity contribution in [2.75, 3.05) is 13.1 Å². The summed E-state index contributed by atoms with van der Waals surface area (Å²) in [4.78, 5) is 3.75. The van der Waals surface area contributed by atoms with Crippen molar-refractivity contribution in [2.24, 2.45) is 0 Å². The molecule has 0 atom stereocenters. The first-order valence-electron chi connectivity index (χ1n) is 4.85. The lowest BCUT2D eigenvalue weighted by atomic mass is 10.5. The van der Waals surface area contributed by atoms with Gasteiger partial charge in [-0.3, -0.25) is 0 Å². The zero-order valence-electron chi connectivity index (χ0n) is 9.23. The highest BCUT2D eigenvalue weighted by Crippen LogP contribution is 2.24. The molecule has 0 fully saturated rings. The molecular formula is C10H12Cl2N2O2S. The standard InChI is InChI=1S/C10H12Cl2N2O2S/c1-3-5-14(4-2)17(15,16)8-6-9(11)10(12)13-7-8/h3,6-7H,1,4-5H2,2H3. The summed E-state index contributed by atoms with van der Waals surface area (Å²) < 4.78 is 25.6. The molecule has 0 radical (unpaired) electrons. The second-order valence-corrected chi connectivity index (χ2v) is 5.89. The second kappa shape index (κ2) is 5.82. The summed E-state index contributed by atoms with van der Waals surface area (Å²) in [5.74, 6) is 0. The van der Waals surface area contributed by atoms with Gasteiger partial charge in [0.05, 0.1) is 5.02 Å². The molecule has 7 heteroatoms. The Morgan fingerprint density at radius 2 is 2.18 bits per heavy atom. The Morgan fingerprint density at radius 3 is 2.65 bits per heavy atom. The van der Waals surface area contributed by atoms with Crippen LogP contribution in [0.4, 0.5) is 0 Å². The third-order valence-corrected chi connectivity index (χ3v) is 4.69. The third-order valence-electron chi connectivity index (χ3n) is 2.09. The van der Waals surface area contributed by atoms with E-state index in [-0.39, 0.29) is 21.6 Å². The van der Waals surface area contributed by atoms with E-state index in [1.165, 1.54) is 22.6 Å². The number of aromatic nitrogens is 1. The minimum atomic E-state index is -3.60. The SMILES string of the molecule is C=CCN(CC)S(=O)(=O)c1cnc(Cl)c(Cl)c1. The van der Waals surface area contributed by atoms with E-state index in [2.05, 4.69) is 11.6 Å². The lowest BCUT2D eigenvalue weighted by Gasteiger charge is -2.18. The number of nitrogens with zero attached hydrogens (tertiary/aromatic N) is 2. The molecule has 4 nitrogen and oxygen atoms in total. The normalized spacial score (nSPS) is 11.8. The molecule has 0 bridgehead atoms. The number of hydrogen-bond acceptors (Lipinski definition) is 3. The molecule has 0 spiro atoms. The lowest BCUT2D eigenvalue weighted by molar-refractivity contribution is 0.459. The first kappa shape index (κ1) is 14.4. The molecular weight excluding hydrogens is 283 g/mol. The fourth-order valence-corrected chi connectivity index (χ4v) is 2.96. The van der Waals surface area contributed by atoms with E-state index in [1.807, 2.05) is 0 Å². The minimum absolute atomic E-state index is 0.0237. The topological polar surface area (TPSA) is 50.3 Å². The van der Waals surface area contributed by atoms with Gasteiger partial charge in [0.25, 0.3) is 0 Å². The molecule has 1 aromatic rings. The number of rotatable bonds is 5. The molecule has 0 unspecified atom stereocenters. The van der Waals surface area contributed by atoms with Crippen LogP contribution in [-0.4, -0.2) is 30.8 Å². The van der Waals surface area contributed by atoms with Crippen LogP contribution < -0.4 is 0 Å². The molecule has 1 aromatic heterocycles. The van der Waals surface area contributed by atoms with Gasteiger partial charge in [-0.05, 0) is 6.07 Å². The van der Waals surface area contributed by atoms with E-state index < -0.39 is 10.0 Å². The Bertz CT molecular complexity index is 517. The minimum Gasteiger partial charge on any atom is -0.242 e. The van der Waals surface area contributed by atoms with E-state index in [1.54, 1.807) is 6.92 Å². The number of sulfonamides is 1. The van der Waals surface area contributed by atoms with Gasteiger partial charge in [0.15, 0.2) is 0 Å². The van der Waals surface area contributed by atoms with E-state index in [0.29, 0.717) is 6.54 Å². The van der Waals surface area contributed by atoms with E-state index >= 15 is 0 Å². The van der Waals surface area contributed by atoms with Crippen LogP contribution >= 0.6 is 23.2 Å². The van der Waals surface area contributed by atoms with E-state index in [9.17, 15) is 8.42 Å². The van der Waals surface area contributed by atoms with E-state index in [0.717, 1.165) is 0 Å². The van der Waals surface area contributed by atoms with Gasteiger partial charge in [-0.25, -0.2) is 13.4 Å². The number of pyridine rings is 1. The molecule has 0 amide bonds. The van der Waals surface area contributed by atoms with Crippen molar-refractivity contribution in [2.45, 2.75) is 11.8 Å². The van der Waals surface area contributed by atoms with Crippen LogP contribution in [0.2, 0.25) is 10.2 Å². The van der Waals surface area contributed by atoms with Crippen LogP contribution in [0.25, 0.3) is 0 Å². The van der Waals surface area contributed by atoms with Gasteiger partial charge in [-0.1, -0.05) is 36.2 Å². The average Bonchev–Trinajstić information content (AvgIpc) is 2.29. The Morgan fingerprint density at radius 1 is 1.53 bits per heavy atom. The predicted octanol–water partition coefficient (Wildman–Crippen LogP) is 2.59. The smallest absolute Gasteiger partial charge is 0.242 e. The molecule has 94 valence electrons. The summed E-state index contributed by atoms with van der Waals surface area (Å²) in [5.41, 5.74) is 0. The predicted molar refractivity (Wildman–Crippen MR) is 68.9 cm³/mol. The van der Waals surface area contributed by atoms with Gasteiger partial charge in [0.1, 0.15) is 10.0 Å². The van der Waals surface area contributed by atoms with Gasteiger partial charge in [0.2, 0.25) is 10.0 Å². The Labute approximate surface area is 111 Å². The molecule has 1 rings (SSSR count). The van der Waals surface area contributed by atoms with Crippen molar-refractivity contribution in [1.29, 1.82) is 0 Å². The highest BCUT2D eigenvalue weighted by atomic mass is 35.5. The van der Waals surface area contributed by atoms with Crippen molar-refractivity contribution in [3.05, 3.63) is 35.1 Å². The molecule has 17 heavy (non-hydrogen) atoms. The van der Waals surface area contributed by atoms with Crippen molar-refractivity contribution in [3.63, 3.8) is 0 Å². The maximum absolute atomic E-state index is 12.2. The van der Waals surface area contributed by atoms with Crippen LogP contribution in [-0.2, 0) is 10.0 Å². The Hall–Kier alpha value is -0.620. The van der Waals surface area contributed by atoms with Crippen LogP contribution in [0.1, 0.15) is 6.92 Å². The molecule has 1 heterocycles. The maximum atomic E-state index is 12.2. The van der Waals surface area contributed by atoms with Gasteiger partial charge in [0, 0.05) is 19.3 Å². The molecule has 0 saturated carbocycles. The van der Waals surface area contributed by atoms with Crippen LogP contribution in [0, 0.1) is 0 Å². The summed E-state index contributed by atoms with van der Waals surface area (Å²) in [5, 5.41) is 0.194. The van der Waals surface area contributed by atoms with Gasteiger partial charge in [-0.15, -0.1) is 6.58 Å². The summed E-state index contributed by atoms with van der Waals surface area (Å²) in [6, 6.07) is 1.29. The largest absolute Gasteiger partial charge is 0.244 e. The monoisotopic (exact) mass is 294 g/mol. The van der Waals surface area contributed by atoms with Crippen molar-refractivity contribution >= 4 is 33.2 Å². The van der Waals surface area contributed by atoms with Crippen LogP contribution in [0.15, 0.2) is 29.8 Å². The summed E-state index contributed by atoms with van der Waals surface area (Å²) in [6.07, 6.45) is 2.71. The molecule has 0 aliphatic rings.